The number of anilines is 1. The topological polar surface area (TPSA) is 86.8 Å². The number of benzene rings is 3. The number of sulfonamides is 1. The van der Waals surface area contributed by atoms with E-state index in [0.29, 0.717) is 27.7 Å². The zero-order valence-corrected chi connectivity index (χ0v) is 27.0. The Morgan fingerprint density at radius 1 is 0.929 bits per heavy atom. The molecule has 0 radical (unpaired) electrons. The molecular weight excluding hydrogens is 593 g/mol. The van der Waals surface area contributed by atoms with Crippen LogP contribution in [0.4, 0.5) is 5.69 Å². The van der Waals surface area contributed by atoms with Crippen molar-refractivity contribution in [1.29, 1.82) is 0 Å². The molecule has 0 aliphatic rings. The molecule has 226 valence electrons. The average Bonchev–Trinajstić information content (AvgIpc) is 2.94. The van der Waals surface area contributed by atoms with Crippen LogP contribution in [0.3, 0.4) is 0 Å². The van der Waals surface area contributed by atoms with E-state index >= 15 is 0 Å². The van der Waals surface area contributed by atoms with Crippen LogP contribution in [0, 0.1) is 0 Å². The molecule has 7 nitrogen and oxygen atoms in total. The van der Waals surface area contributed by atoms with Gasteiger partial charge in [0.15, 0.2) is 0 Å². The van der Waals surface area contributed by atoms with Crippen LogP contribution < -0.4 is 9.62 Å². The quantitative estimate of drug-likeness (QED) is 0.235. The van der Waals surface area contributed by atoms with Gasteiger partial charge in [-0.1, -0.05) is 92.5 Å². The lowest BCUT2D eigenvalue weighted by Gasteiger charge is -2.34. The van der Waals surface area contributed by atoms with Crippen LogP contribution in [0.5, 0.6) is 0 Å². The summed E-state index contributed by atoms with van der Waals surface area (Å²) in [6.07, 6.45) is 1.99. The lowest BCUT2D eigenvalue weighted by molar-refractivity contribution is -0.140. The van der Waals surface area contributed by atoms with E-state index in [-0.39, 0.29) is 30.8 Å². The molecule has 42 heavy (non-hydrogen) atoms. The zero-order chi connectivity index (χ0) is 31.0. The van der Waals surface area contributed by atoms with E-state index in [1.807, 2.05) is 70.2 Å². The molecule has 3 aromatic carbocycles. The van der Waals surface area contributed by atoms with Gasteiger partial charge in [-0.25, -0.2) is 8.42 Å². The first-order chi connectivity index (χ1) is 19.8. The standard InChI is InChI=1S/C32H39Cl2N3O4S/c1-6-23(4)35-32(39)30(18-24-10-8-7-9-11-24)36(20-26-12-15-27(33)19-29(26)34)31(38)21-37(42(5,40)41)28-16-13-25(14-17-28)22(2)3/h7-17,19,22-23,30H,6,18,20-21H2,1-5H3,(H,35,39)/t23-,30-/m1/s1. The predicted molar refractivity (Wildman–Crippen MR) is 172 cm³/mol. The predicted octanol–water partition coefficient (Wildman–Crippen LogP) is 6.44. The summed E-state index contributed by atoms with van der Waals surface area (Å²) >= 11 is 12.6. The number of carbonyl (C=O) groups excluding carboxylic acids is 2. The van der Waals surface area contributed by atoms with E-state index in [1.54, 1.807) is 30.3 Å². The maximum atomic E-state index is 14.2. The molecule has 0 fully saturated rings. The van der Waals surface area contributed by atoms with Crippen molar-refractivity contribution in [2.24, 2.45) is 0 Å². The number of nitrogens with zero attached hydrogens (tertiary/aromatic N) is 2. The molecule has 0 aliphatic heterocycles. The molecule has 2 amide bonds. The highest BCUT2D eigenvalue weighted by Gasteiger charge is 2.33. The SMILES string of the molecule is CC[C@@H](C)NC(=O)[C@@H](Cc1ccccc1)N(Cc1ccc(Cl)cc1Cl)C(=O)CN(c1ccc(C(C)C)cc1)S(C)(=O)=O. The van der Waals surface area contributed by atoms with Gasteiger partial charge in [0.1, 0.15) is 12.6 Å². The van der Waals surface area contributed by atoms with E-state index in [1.165, 1.54) is 4.90 Å². The van der Waals surface area contributed by atoms with Gasteiger partial charge in [-0.2, -0.15) is 0 Å². The first-order valence-electron chi connectivity index (χ1n) is 14.0. The lowest BCUT2D eigenvalue weighted by atomic mass is 10.0. The largest absolute Gasteiger partial charge is 0.352 e. The van der Waals surface area contributed by atoms with Crippen LogP contribution in [-0.2, 0) is 32.6 Å². The van der Waals surface area contributed by atoms with Crippen molar-refractivity contribution in [2.75, 3.05) is 17.1 Å². The maximum absolute atomic E-state index is 14.2. The Hall–Kier alpha value is -3.07. The van der Waals surface area contributed by atoms with Crippen molar-refractivity contribution in [1.82, 2.24) is 10.2 Å². The second-order valence-corrected chi connectivity index (χ2v) is 13.5. The van der Waals surface area contributed by atoms with E-state index in [4.69, 9.17) is 23.2 Å². The van der Waals surface area contributed by atoms with Crippen molar-refractivity contribution in [2.45, 2.75) is 65.1 Å². The van der Waals surface area contributed by atoms with Crippen molar-refractivity contribution >= 4 is 50.7 Å². The second-order valence-electron chi connectivity index (χ2n) is 10.8. The molecule has 0 aromatic heterocycles. The average molecular weight is 633 g/mol. The summed E-state index contributed by atoms with van der Waals surface area (Å²) in [5.41, 5.74) is 2.84. The minimum Gasteiger partial charge on any atom is -0.352 e. The fourth-order valence-electron chi connectivity index (χ4n) is 4.47. The third-order valence-electron chi connectivity index (χ3n) is 7.15. The summed E-state index contributed by atoms with van der Waals surface area (Å²) in [5.74, 6) is -0.617. The monoisotopic (exact) mass is 631 g/mol. The first-order valence-corrected chi connectivity index (χ1v) is 16.6. The molecule has 1 N–H and O–H groups in total. The number of rotatable bonds is 13. The smallest absolute Gasteiger partial charge is 0.244 e. The first kappa shape index (κ1) is 33.4. The fourth-order valence-corrected chi connectivity index (χ4v) is 5.79. The van der Waals surface area contributed by atoms with Gasteiger partial charge in [0, 0.05) is 29.1 Å². The number of hydrogen-bond donors (Lipinski definition) is 1. The summed E-state index contributed by atoms with van der Waals surface area (Å²) in [6.45, 7) is 7.43. The van der Waals surface area contributed by atoms with Crippen molar-refractivity contribution in [3.63, 3.8) is 0 Å². The van der Waals surface area contributed by atoms with Gasteiger partial charge in [-0.05, 0) is 60.2 Å². The van der Waals surface area contributed by atoms with Crippen LogP contribution in [0.15, 0.2) is 72.8 Å². The van der Waals surface area contributed by atoms with Crippen LogP contribution in [-0.4, -0.2) is 50.0 Å². The summed E-state index contributed by atoms with van der Waals surface area (Å²) in [6, 6.07) is 20.4. The number of amides is 2. The zero-order valence-electron chi connectivity index (χ0n) is 24.7. The Morgan fingerprint density at radius 2 is 1.57 bits per heavy atom. The Kier molecular flexibility index (Phi) is 11.9. The summed E-state index contributed by atoms with van der Waals surface area (Å²) < 4.78 is 27.0. The number of halogens is 2. The Labute approximate surface area is 259 Å². The highest BCUT2D eigenvalue weighted by atomic mass is 35.5. The Morgan fingerprint density at radius 3 is 2.12 bits per heavy atom. The molecule has 0 unspecified atom stereocenters. The third-order valence-corrected chi connectivity index (χ3v) is 8.88. The highest BCUT2D eigenvalue weighted by molar-refractivity contribution is 7.92. The van der Waals surface area contributed by atoms with Gasteiger partial charge < -0.3 is 10.2 Å². The third kappa shape index (κ3) is 9.21. The molecule has 0 saturated heterocycles. The van der Waals surface area contributed by atoms with Crippen molar-refractivity contribution in [3.05, 3.63) is 99.5 Å². The number of carbonyl (C=O) groups is 2. The van der Waals surface area contributed by atoms with Crippen molar-refractivity contribution < 1.29 is 18.0 Å². The molecule has 10 heteroatoms. The number of hydrogen-bond acceptors (Lipinski definition) is 4. The molecule has 2 atom stereocenters. The minimum atomic E-state index is -3.85. The normalized spacial score (nSPS) is 13.0. The van der Waals surface area contributed by atoms with E-state index in [9.17, 15) is 18.0 Å². The molecule has 0 heterocycles. The van der Waals surface area contributed by atoms with Crippen LogP contribution in [0.2, 0.25) is 10.0 Å². The van der Waals surface area contributed by atoms with E-state index < -0.39 is 28.5 Å². The Balaban J connectivity index is 2.08. The number of nitrogens with one attached hydrogen (secondary N) is 1. The summed E-state index contributed by atoms with van der Waals surface area (Å²) in [7, 11) is -3.85. The molecular formula is C32H39Cl2N3O4S. The second kappa shape index (κ2) is 14.9. The van der Waals surface area contributed by atoms with Gasteiger partial charge >= 0.3 is 0 Å². The fraction of sp³-hybridized carbons (Fsp3) is 0.375. The van der Waals surface area contributed by atoms with Gasteiger partial charge in [0.05, 0.1) is 11.9 Å². The van der Waals surface area contributed by atoms with Gasteiger partial charge in [0.2, 0.25) is 21.8 Å². The lowest BCUT2D eigenvalue weighted by Crippen LogP contribution is -2.54. The molecule has 0 saturated carbocycles. The van der Waals surface area contributed by atoms with Gasteiger partial charge in [0.25, 0.3) is 0 Å². The molecule has 0 spiro atoms. The Bertz CT molecular complexity index is 1460. The van der Waals surface area contributed by atoms with Crippen LogP contribution in [0.25, 0.3) is 0 Å². The molecule has 3 aromatic rings. The summed E-state index contributed by atoms with van der Waals surface area (Å²) in [4.78, 5) is 29.4. The summed E-state index contributed by atoms with van der Waals surface area (Å²) in [5, 5.41) is 3.78. The molecule has 0 aliphatic carbocycles. The molecule has 0 bridgehead atoms. The van der Waals surface area contributed by atoms with Crippen LogP contribution >= 0.6 is 23.2 Å². The highest BCUT2D eigenvalue weighted by Crippen LogP contribution is 2.26. The maximum Gasteiger partial charge on any atom is 0.244 e. The van der Waals surface area contributed by atoms with Crippen molar-refractivity contribution in [3.8, 4) is 0 Å². The van der Waals surface area contributed by atoms with Crippen LogP contribution in [0.1, 0.15) is 56.7 Å². The molecule has 3 rings (SSSR count). The van der Waals surface area contributed by atoms with Gasteiger partial charge in [-0.3, -0.25) is 13.9 Å². The van der Waals surface area contributed by atoms with E-state index in [2.05, 4.69) is 5.32 Å². The van der Waals surface area contributed by atoms with E-state index in [0.717, 1.165) is 21.7 Å². The minimum absolute atomic E-state index is 0.0237. The van der Waals surface area contributed by atoms with Gasteiger partial charge in [-0.15, -0.1) is 0 Å².